The van der Waals surface area contributed by atoms with Gasteiger partial charge in [-0.15, -0.1) is 0 Å². The van der Waals surface area contributed by atoms with Crippen LogP contribution < -0.4 is 5.32 Å². The summed E-state index contributed by atoms with van der Waals surface area (Å²) in [5.41, 5.74) is -0.631. The summed E-state index contributed by atoms with van der Waals surface area (Å²) in [7, 11) is 0. The summed E-state index contributed by atoms with van der Waals surface area (Å²) in [5, 5.41) is 2.53. The van der Waals surface area contributed by atoms with Gasteiger partial charge in [-0.1, -0.05) is 0 Å². The molecule has 1 saturated carbocycles. The highest BCUT2D eigenvalue weighted by molar-refractivity contribution is 6.01. The van der Waals surface area contributed by atoms with E-state index in [2.05, 4.69) is 15.3 Å². The number of halogens is 3. The molecule has 2 amide bonds. The van der Waals surface area contributed by atoms with E-state index >= 15 is 0 Å². The van der Waals surface area contributed by atoms with E-state index in [1.165, 1.54) is 23.4 Å². The highest BCUT2D eigenvalue weighted by Gasteiger charge is 2.57. The first-order valence-electron chi connectivity index (χ1n) is 8.82. The van der Waals surface area contributed by atoms with Crippen LogP contribution in [0.4, 0.5) is 19.1 Å². The quantitative estimate of drug-likeness (QED) is 0.874. The first-order valence-corrected chi connectivity index (χ1v) is 8.82. The van der Waals surface area contributed by atoms with Crippen LogP contribution in [-0.2, 0) is 16.4 Å². The minimum atomic E-state index is -4.47. The molecule has 2 aromatic rings. The number of hydrogen-bond acceptors (Lipinski definition) is 4. The number of carbonyl (C=O) groups excluding carboxylic acids is 2. The summed E-state index contributed by atoms with van der Waals surface area (Å²) in [5.74, 6) is -0.781. The molecule has 2 aliphatic rings. The number of nitrogens with one attached hydrogen (secondary N) is 1. The average molecular weight is 390 g/mol. The van der Waals surface area contributed by atoms with E-state index in [1.807, 2.05) is 0 Å². The largest absolute Gasteiger partial charge is 0.416 e. The third kappa shape index (κ3) is 3.00. The van der Waals surface area contributed by atoms with Gasteiger partial charge in [0, 0.05) is 29.4 Å². The maximum atomic E-state index is 13.1. The van der Waals surface area contributed by atoms with Gasteiger partial charge in [0.1, 0.15) is 6.54 Å². The molecule has 1 aromatic carbocycles. The van der Waals surface area contributed by atoms with Crippen LogP contribution in [-0.4, -0.2) is 39.3 Å². The predicted octanol–water partition coefficient (Wildman–Crippen LogP) is 3.01. The number of hydrogen-bond donors (Lipinski definition) is 1. The Labute approximate surface area is 158 Å². The summed E-state index contributed by atoms with van der Waals surface area (Å²) in [6, 6.07) is 4.44. The molecule has 0 saturated heterocycles. The molecule has 1 fully saturated rings. The molecule has 4 rings (SSSR count). The molecule has 1 N–H and O–H groups in total. The summed E-state index contributed by atoms with van der Waals surface area (Å²) in [6.07, 6.45) is -0.161. The second-order valence-electron chi connectivity index (χ2n) is 7.14. The van der Waals surface area contributed by atoms with E-state index in [-0.39, 0.29) is 18.1 Å². The van der Waals surface area contributed by atoms with Crippen LogP contribution in [0, 0.1) is 0 Å². The number of fused-ring (bicyclic) bond motifs is 2. The van der Waals surface area contributed by atoms with Gasteiger partial charge in [0.15, 0.2) is 0 Å². The second-order valence-corrected chi connectivity index (χ2v) is 7.14. The Hall–Kier alpha value is -2.97. The molecule has 1 aliphatic heterocycles. The maximum Gasteiger partial charge on any atom is 0.416 e. The molecular formula is C19H17F3N4O2. The van der Waals surface area contributed by atoms with Gasteiger partial charge in [-0.25, -0.2) is 9.97 Å². The van der Waals surface area contributed by atoms with E-state index < -0.39 is 35.0 Å². The van der Waals surface area contributed by atoms with Gasteiger partial charge in [-0.05, 0) is 49.6 Å². The van der Waals surface area contributed by atoms with Gasteiger partial charge in [0.2, 0.25) is 11.9 Å². The van der Waals surface area contributed by atoms with Crippen molar-refractivity contribution in [2.24, 2.45) is 0 Å². The highest BCUT2D eigenvalue weighted by atomic mass is 19.4. The third-order valence-electron chi connectivity index (χ3n) is 5.56. The number of carbonyl (C=O) groups is 2. The molecule has 1 aromatic heterocycles. The van der Waals surface area contributed by atoms with Gasteiger partial charge in [-0.2, -0.15) is 13.2 Å². The molecular weight excluding hydrogens is 373 g/mol. The Morgan fingerprint density at radius 2 is 1.96 bits per heavy atom. The molecule has 9 heteroatoms. The van der Waals surface area contributed by atoms with Crippen LogP contribution in [0.3, 0.4) is 0 Å². The van der Waals surface area contributed by atoms with Gasteiger partial charge < -0.3 is 4.90 Å². The zero-order chi connectivity index (χ0) is 20.1. The Balaban J connectivity index is 1.62. The molecule has 1 atom stereocenters. The molecule has 2 heterocycles. The van der Waals surface area contributed by atoms with E-state index in [4.69, 9.17) is 0 Å². The number of benzene rings is 1. The SMILES string of the molecule is C[C@@H]1N(CC(=O)Nc2ncccn2)C(=O)c2ccc(C(F)(F)F)cc2C12CC2. The van der Waals surface area contributed by atoms with Crippen molar-refractivity contribution in [2.75, 3.05) is 11.9 Å². The highest BCUT2D eigenvalue weighted by Crippen LogP contribution is 2.56. The molecule has 28 heavy (non-hydrogen) atoms. The normalized spacial score (nSPS) is 20.1. The van der Waals surface area contributed by atoms with Crippen molar-refractivity contribution in [3.05, 3.63) is 53.3 Å². The summed E-state index contributed by atoms with van der Waals surface area (Å²) in [4.78, 5) is 34.5. The molecule has 1 aliphatic carbocycles. The van der Waals surface area contributed by atoms with Crippen LogP contribution in [0.25, 0.3) is 0 Å². The fraction of sp³-hybridized carbons (Fsp3) is 0.368. The first kappa shape index (κ1) is 18.4. The van der Waals surface area contributed by atoms with Crippen LogP contribution in [0.2, 0.25) is 0 Å². The number of aromatic nitrogens is 2. The number of amides is 2. The number of alkyl halides is 3. The van der Waals surface area contributed by atoms with Gasteiger partial charge in [-0.3, -0.25) is 14.9 Å². The Morgan fingerprint density at radius 3 is 2.57 bits per heavy atom. The van der Waals surface area contributed by atoms with Gasteiger partial charge in [0.25, 0.3) is 5.91 Å². The van der Waals surface area contributed by atoms with Crippen molar-refractivity contribution in [1.82, 2.24) is 14.9 Å². The summed E-state index contributed by atoms with van der Waals surface area (Å²) in [6.45, 7) is 1.56. The van der Waals surface area contributed by atoms with Crippen molar-refractivity contribution < 1.29 is 22.8 Å². The number of rotatable bonds is 3. The molecule has 0 bridgehead atoms. The van der Waals surface area contributed by atoms with Crippen molar-refractivity contribution in [3.8, 4) is 0 Å². The smallest absolute Gasteiger partial charge is 0.326 e. The lowest BCUT2D eigenvalue weighted by Gasteiger charge is -2.41. The minimum absolute atomic E-state index is 0.126. The van der Waals surface area contributed by atoms with Crippen LogP contribution in [0.5, 0.6) is 0 Å². The van der Waals surface area contributed by atoms with Crippen molar-refractivity contribution in [3.63, 3.8) is 0 Å². The molecule has 1 spiro atoms. The topological polar surface area (TPSA) is 75.2 Å². The number of anilines is 1. The van der Waals surface area contributed by atoms with Crippen molar-refractivity contribution in [1.29, 1.82) is 0 Å². The second kappa shape index (κ2) is 6.29. The lowest BCUT2D eigenvalue weighted by molar-refractivity contribution is -0.137. The average Bonchev–Trinajstić information content (AvgIpc) is 3.45. The lowest BCUT2D eigenvalue weighted by atomic mass is 9.80. The fourth-order valence-corrected chi connectivity index (χ4v) is 3.89. The predicted molar refractivity (Wildman–Crippen MR) is 93.5 cm³/mol. The van der Waals surface area contributed by atoms with E-state index in [0.717, 1.165) is 12.1 Å². The van der Waals surface area contributed by atoms with Gasteiger partial charge in [0.05, 0.1) is 5.56 Å². The summed E-state index contributed by atoms with van der Waals surface area (Å²) < 4.78 is 39.4. The van der Waals surface area contributed by atoms with Crippen molar-refractivity contribution >= 4 is 17.8 Å². The lowest BCUT2D eigenvalue weighted by Crippen LogP contribution is -2.52. The fourth-order valence-electron chi connectivity index (χ4n) is 3.89. The van der Waals surface area contributed by atoms with E-state index in [1.54, 1.807) is 13.0 Å². The van der Waals surface area contributed by atoms with Crippen molar-refractivity contribution in [2.45, 2.75) is 37.4 Å². The number of nitrogens with zero attached hydrogens (tertiary/aromatic N) is 3. The summed E-state index contributed by atoms with van der Waals surface area (Å²) >= 11 is 0. The first-order chi connectivity index (χ1) is 13.2. The Kier molecular flexibility index (Phi) is 4.13. The molecule has 6 nitrogen and oxygen atoms in total. The Morgan fingerprint density at radius 1 is 1.29 bits per heavy atom. The van der Waals surface area contributed by atoms with E-state index in [9.17, 15) is 22.8 Å². The van der Waals surface area contributed by atoms with Crippen LogP contribution in [0.1, 0.15) is 41.3 Å². The van der Waals surface area contributed by atoms with Crippen LogP contribution in [0.15, 0.2) is 36.7 Å². The maximum absolute atomic E-state index is 13.1. The third-order valence-corrected chi connectivity index (χ3v) is 5.56. The molecule has 146 valence electrons. The van der Waals surface area contributed by atoms with Gasteiger partial charge >= 0.3 is 6.18 Å². The Bertz CT molecular complexity index is 942. The zero-order valence-corrected chi connectivity index (χ0v) is 15.0. The molecule has 0 radical (unpaired) electrons. The molecule has 0 unspecified atom stereocenters. The monoisotopic (exact) mass is 390 g/mol. The minimum Gasteiger partial charge on any atom is -0.326 e. The van der Waals surface area contributed by atoms with Crippen LogP contribution >= 0.6 is 0 Å². The van der Waals surface area contributed by atoms with E-state index in [0.29, 0.717) is 18.4 Å². The standard InChI is InChI=1S/C19H17F3N4O2/c1-11-18(5-6-18)14-9-12(19(20,21)22)3-4-13(14)16(28)26(11)10-15(27)25-17-23-7-2-8-24-17/h2-4,7-9,11H,5-6,10H2,1H3,(H,23,24,25,27)/t11-/m0/s1. The zero-order valence-electron chi connectivity index (χ0n) is 15.0.